The largest absolute Gasteiger partial charge is 0.405 e. The number of alkyl halides is 3. The first-order valence-corrected chi connectivity index (χ1v) is 4.61. The second-order valence-corrected chi connectivity index (χ2v) is 3.31. The van der Waals surface area contributed by atoms with Crippen LogP contribution in [-0.2, 0) is 0 Å². The number of nitrogens with one attached hydrogen (secondary N) is 1. The average Bonchev–Trinajstić information content (AvgIpc) is 2.24. The molecule has 0 spiro atoms. The van der Waals surface area contributed by atoms with Crippen molar-refractivity contribution in [3.05, 3.63) is 39.4 Å². The summed E-state index contributed by atoms with van der Waals surface area (Å²) in [5.74, 6) is -5.05. The second-order valence-electron chi connectivity index (χ2n) is 3.31. The molecule has 0 aliphatic carbocycles. The van der Waals surface area contributed by atoms with Crippen LogP contribution in [0.15, 0.2) is 12.1 Å². The van der Waals surface area contributed by atoms with Crippen LogP contribution in [0, 0.1) is 21.7 Å². The highest BCUT2D eigenvalue weighted by molar-refractivity contribution is 5.95. The van der Waals surface area contributed by atoms with Crippen molar-refractivity contribution in [2.24, 2.45) is 0 Å². The summed E-state index contributed by atoms with van der Waals surface area (Å²) in [7, 11) is 0. The van der Waals surface area contributed by atoms with Gasteiger partial charge < -0.3 is 5.32 Å². The average molecular weight is 284 g/mol. The molecule has 0 radical (unpaired) electrons. The van der Waals surface area contributed by atoms with Crippen LogP contribution in [0.5, 0.6) is 0 Å². The van der Waals surface area contributed by atoms with Crippen LogP contribution in [0.2, 0.25) is 0 Å². The van der Waals surface area contributed by atoms with Gasteiger partial charge in [0.05, 0.1) is 4.92 Å². The Hall–Kier alpha value is -2.26. The van der Waals surface area contributed by atoms with Gasteiger partial charge in [-0.25, -0.2) is 4.39 Å². The Bertz CT molecular complexity index is 529. The smallest absolute Gasteiger partial charge is 0.343 e. The Morgan fingerprint density at radius 1 is 1.32 bits per heavy atom. The summed E-state index contributed by atoms with van der Waals surface area (Å²) >= 11 is 0. The van der Waals surface area contributed by atoms with Gasteiger partial charge in [0.2, 0.25) is 5.82 Å². The van der Waals surface area contributed by atoms with Gasteiger partial charge in [0.25, 0.3) is 5.91 Å². The van der Waals surface area contributed by atoms with Crippen molar-refractivity contribution in [3.8, 4) is 0 Å². The number of amides is 1. The summed E-state index contributed by atoms with van der Waals surface area (Å²) in [5.41, 5.74) is -2.64. The van der Waals surface area contributed by atoms with E-state index in [1.807, 2.05) is 0 Å². The zero-order chi connectivity index (χ0) is 14.8. The molecule has 0 bridgehead atoms. The number of halogens is 5. The molecule has 1 aromatic rings. The Balaban J connectivity index is 3.09. The van der Waals surface area contributed by atoms with Gasteiger partial charge in [-0.2, -0.15) is 17.6 Å². The molecule has 10 heteroatoms. The van der Waals surface area contributed by atoms with Crippen molar-refractivity contribution in [3.63, 3.8) is 0 Å². The summed E-state index contributed by atoms with van der Waals surface area (Å²) in [4.78, 5) is 20.3. The Morgan fingerprint density at radius 3 is 2.37 bits per heavy atom. The minimum absolute atomic E-state index is 0.420. The molecule has 1 aromatic carbocycles. The Morgan fingerprint density at radius 2 is 1.89 bits per heavy atom. The van der Waals surface area contributed by atoms with E-state index in [1.165, 1.54) is 5.32 Å². The van der Waals surface area contributed by atoms with E-state index in [-0.39, 0.29) is 0 Å². The number of nitrogens with zero attached hydrogens (tertiary/aromatic N) is 1. The topological polar surface area (TPSA) is 72.2 Å². The second kappa shape index (κ2) is 5.16. The number of rotatable bonds is 3. The van der Waals surface area contributed by atoms with E-state index < -0.39 is 46.4 Å². The van der Waals surface area contributed by atoms with Gasteiger partial charge >= 0.3 is 11.9 Å². The summed E-state index contributed by atoms with van der Waals surface area (Å²) in [5, 5.41) is 11.6. The Kier molecular flexibility index (Phi) is 4.02. The summed E-state index contributed by atoms with van der Waals surface area (Å²) in [6.07, 6.45) is -4.77. The molecule has 0 aliphatic heterocycles. The van der Waals surface area contributed by atoms with E-state index in [0.29, 0.717) is 12.1 Å². The fourth-order valence-electron chi connectivity index (χ4n) is 1.16. The van der Waals surface area contributed by atoms with E-state index in [2.05, 4.69) is 0 Å². The standard InChI is InChI=1S/C9H5F5N2O3/c10-4-1-2-5(16(18)19)7(11)6(4)8(17)15-3-9(12,13)14/h1-2H,3H2,(H,15,17). The lowest BCUT2D eigenvalue weighted by molar-refractivity contribution is -0.387. The normalized spacial score (nSPS) is 11.2. The molecule has 0 heterocycles. The van der Waals surface area contributed by atoms with Crippen LogP contribution in [0.1, 0.15) is 10.4 Å². The third-order valence-corrected chi connectivity index (χ3v) is 1.94. The van der Waals surface area contributed by atoms with Crippen LogP contribution in [0.3, 0.4) is 0 Å². The highest BCUT2D eigenvalue weighted by Crippen LogP contribution is 2.23. The number of benzene rings is 1. The molecule has 0 unspecified atom stereocenters. The molecule has 0 aromatic heterocycles. The van der Waals surface area contributed by atoms with Crippen molar-refractivity contribution < 1.29 is 31.7 Å². The predicted molar refractivity (Wildman–Crippen MR) is 51.4 cm³/mol. The van der Waals surface area contributed by atoms with Gasteiger partial charge in [-0.15, -0.1) is 0 Å². The van der Waals surface area contributed by atoms with Gasteiger partial charge in [0, 0.05) is 6.07 Å². The lowest BCUT2D eigenvalue weighted by Gasteiger charge is -2.09. The number of nitro groups is 1. The number of carbonyl (C=O) groups is 1. The molecule has 19 heavy (non-hydrogen) atoms. The van der Waals surface area contributed by atoms with Crippen molar-refractivity contribution in [2.75, 3.05) is 6.54 Å². The number of hydrogen-bond acceptors (Lipinski definition) is 3. The summed E-state index contributed by atoms with van der Waals surface area (Å²) in [6.45, 7) is -1.81. The van der Waals surface area contributed by atoms with Gasteiger partial charge in [-0.05, 0) is 6.07 Å². The highest BCUT2D eigenvalue weighted by atomic mass is 19.4. The molecule has 5 nitrogen and oxygen atoms in total. The SMILES string of the molecule is O=C(NCC(F)(F)F)c1c(F)ccc([N+](=O)[O-])c1F. The highest BCUT2D eigenvalue weighted by Gasteiger charge is 2.31. The zero-order valence-corrected chi connectivity index (χ0v) is 8.92. The van der Waals surface area contributed by atoms with Crippen LogP contribution >= 0.6 is 0 Å². The van der Waals surface area contributed by atoms with E-state index in [1.54, 1.807) is 0 Å². The van der Waals surface area contributed by atoms with Crippen LogP contribution in [-0.4, -0.2) is 23.6 Å². The van der Waals surface area contributed by atoms with E-state index in [4.69, 9.17) is 0 Å². The van der Waals surface area contributed by atoms with Crippen molar-refractivity contribution in [1.29, 1.82) is 0 Å². The van der Waals surface area contributed by atoms with Gasteiger partial charge in [-0.3, -0.25) is 14.9 Å². The molecule has 0 fully saturated rings. The maximum absolute atomic E-state index is 13.4. The molecule has 0 aliphatic rings. The fraction of sp³-hybridized carbons (Fsp3) is 0.222. The van der Waals surface area contributed by atoms with Gasteiger partial charge in [0.1, 0.15) is 17.9 Å². The number of nitro benzene ring substituents is 1. The maximum Gasteiger partial charge on any atom is 0.405 e. The zero-order valence-electron chi connectivity index (χ0n) is 8.92. The number of carbonyl (C=O) groups excluding carboxylic acids is 1. The van der Waals surface area contributed by atoms with E-state index in [0.717, 1.165) is 0 Å². The molecular weight excluding hydrogens is 279 g/mol. The first-order valence-electron chi connectivity index (χ1n) is 4.61. The maximum atomic E-state index is 13.4. The summed E-state index contributed by atoms with van der Waals surface area (Å²) < 4.78 is 62.1. The third-order valence-electron chi connectivity index (χ3n) is 1.94. The molecule has 1 N–H and O–H groups in total. The Labute approximate surface area is 102 Å². The lowest BCUT2D eigenvalue weighted by Crippen LogP contribution is -2.34. The minimum Gasteiger partial charge on any atom is -0.343 e. The third kappa shape index (κ3) is 3.60. The molecular formula is C9H5F5N2O3. The van der Waals surface area contributed by atoms with Gasteiger partial charge in [0.15, 0.2) is 0 Å². The van der Waals surface area contributed by atoms with Crippen molar-refractivity contribution >= 4 is 11.6 Å². The summed E-state index contributed by atoms with van der Waals surface area (Å²) in [6, 6.07) is 0.884. The minimum atomic E-state index is -4.77. The van der Waals surface area contributed by atoms with Gasteiger partial charge in [-0.1, -0.05) is 0 Å². The first kappa shape index (κ1) is 14.8. The van der Waals surface area contributed by atoms with Crippen LogP contribution in [0.4, 0.5) is 27.6 Å². The quantitative estimate of drug-likeness (QED) is 0.525. The molecule has 1 amide bonds. The van der Waals surface area contributed by atoms with Crippen molar-refractivity contribution in [2.45, 2.75) is 6.18 Å². The van der Waals surface area contributed by atoms with Crippen LogP contribution in [0.25, 0.3) is 0 Å². The molecule has 104 valence electrons. The fourth-order valence-corrected chi connectivity index (χ4v) is 1.16. The number of hydrogen-bond donors (Lipinski definition) is 1. The predicted octanol–water partition coefficient (Wildman–Crippen LogP) is 2.17. The van der Waals surface area contributed by atoms with E-state index in [9.17, 15) is 36.9 Å². The molecule has 0 saturated carbocycles. The molecule has 0 saturated heterocycles. The van der Waals surface area contributed by atoms with E-state index >= 15 is 0 Å². The lowest BCUT2D eigenvalue weighted by atomic mass is 10.1. The first-order chi connectivity index (χ1) is 8.63. The molecule has 1 rings (SSSR count). The van der Waals surface area contributed by atoms with Crippen molar-refractivity contribution in [1.82, 2.24) is 5.32 Å². The monoisotopic (exact) mass is 284 g/mol. The molecule has 0 atom stereocenters. The van der Waals surface area contributed by atoms with Crippen LogP contribution < -0.4 is 5.32 Å².